The van der Waals surface area contributed by atoms with Crippen molar-refractivity contribution in [2.24, 2.45) is 0 Å². The summed E-state index contributed by atoms with van der Waals surface area (Å²) < 4.78 is 2.12. The van der Waals surface area contributed by atoms with E-state index in [1.807, 2.05) is 6.33 Å². The lowest BCUT2D eigenvalue weighted by atomic mass is 10.3. The summed E-state index contributed by atoms with van der Waals surface area (Å²) >= 11 is 0. The van der Waals surface area contributed by atoms with Gasteiger partial charge in [-0.15, -0.1) is 0 Å². The van der Waals surface area contributed by atoms with E-state index in [0.29, 0.717) is 0 Å². The molecular formula is C8H13N3O. The van der Waals surface area contributed by atoms with Crippen LogP contribution in [0.15, 0.2) is 6.33 Å². The number of nitrogens with one attached hydrogen (secondary N) is 1. The molecule has 0 bridgehead atoms. The molecule has 4 heteroatoms. The second-order valence-electron chi connectivity index (χ2n) is 3.02. The van der Waals surface area contributed by atoms with Crippen molar-refractivity contribution in [2.75, 3.05) is 6.54 Å². The molecule has 0 amide bonds. The fraction of sp³-hybridized carbons (Fsp3) is 0.625. The molecule has 0 aliphatic carbocycles. The Hall–Kier alpha value is -0.870. The molecule has 1 aromatic rings. The highest BCUT2D eigenvalue weighted by Gasteiger charge is 2.11. The van der Waals surface area contributed by atoms with Crippen LogP contribution >= 0.6 is 0 Å². The van der Waals surface area contributed by atoms with Gasteiger partial charge < -0.3 is 15.0 Å². The van der Waals surface area contributed by atoms with Crippen molar-refractivity contribution in [2.45, 2.75) is 26.1 Å². The van der Waals surface area contributed by atoms with E-state index in [1.165, 1.54) is 0 Å². The van der Waals surface area contributed by atoms with E-state index >= 15 is 0 Å². The van der Waals surface area contributed by atoms with Gasteiger partial charge in [-0.2, -0.15) is 0 Å². The van der Waals surface area contributed by atoms with Crippen molar-refractivity contribution in [3.05, 3.63) is 17.7 Å². The molecule has 0 fully saturated rings. The zero-order valence-electron chi connectivity index (χ0n) is 6.95. The largest absolute Gasteiger partial charge is 0.390 e. The standard InChI is InChI=1S/C8H13N3O/c12-5-7-8-4-9-2-1-3-11(8)6-10-7/h6,9,12H,1-5H2. The average Bonchev–Trinajstić information content (AvgIpc) is 2.33. The molecule has 0 saturated heterocycles. The summed E-state index contributed by atoms with van der Waals surface area (Å²) in [5.74, 6) is 0. The number of imidazole rings is 1. The SMILES string of the molecule is OCc1ncn2c1CNCCC2. The van der Waals surface area contributed by atoms with E-state index in [1.54, 1.807) is 0 Å². The molecule has 2 N–H and O–H groups in total. The zero-order chi connectivity index (χ0) is 8.39. The quantitative estimate of drug-likeness (QED) is 0.612. The molecule has 0 radical (unpaired) electrons. The number of fused-ring (bicyclic) bond motifs is 1. The predicted octanol–water partition coefficient (Wildman–Crippen LogP) is -0.131. The third-order valence-corrected chi connectivity index (χ3v) is 2.23. The Balaban J connectivity index is 2.32. The summed E-state index contributed by atoms with van der Waals surface area (Å²) in [7, 11) is 0. The topological polar surface area (TPSA) is 50.1 Å². The van der Waals surface area contributed by atoms with Crippen LogP contribution in [0.4, 0.5) is 0 Å². The summed E-state index contributed by atoms with van der Waals surface area (Å²) in [5, 5.41) is 12.3. The van der Waals surface area contributed by atoms with Crippen LogP contribution in [-0.4, -0.2) is 21.2 Å². The van der Waals surface area contributed by atoms with E-state index in [4.69, 9.17) is 5.11 Å². The number of aromatic nitrogens is 2. The Bertz CT molecular complexity index is 269. The number of hydrogen-bond acceptors (Lipinski definition) is 3. The number of aryl methyl sites for hydroxylation is 1. The summed E-state index contributed by atoms with van der Waals surface area (Å²) in [6.45, 7) is 2.93. The highest BCUT2D eigenvalue weighted by atomic mass is 16.3. The molecule has 1 aromatic heterocycles. The number of nitrogens with zero attached hydrogens (tertiary/aromatic N) is 2. The molecule has 2 heterocycles. The second kappa shape index (κ2) is 3.25. The van der Waals surface area contributed by atoms with Gasteiger partial charge in [-0.3, -0.25) is 0 Å². The first kappa shape index (κ1) is 7.76. The van der Waals surface area contributed by atoms with Crippen LogP contribution in [0.25, 0.3) is 0 Å². The lowest BCUT2D eigenvalue weighted by molar-refractivity contribution is 0.275. The van der Waals surface area contributed by atoms with Crippen molar-refractivity contribution in [1.82, 2.24) is 14.9 Å². The van der Waals surface area contributed by atoms with Gasteiger partial charge in [0, 0.05) is 13.1 Å². The van der Waals surface area contributed by atoms with Crippen molar-refractivity contribution in [3.63, 3.8) is 0 Å². The van der Waals surface area contributed by atoms with Gasteiger partial charge in [-0.05, 0) is 13.0 Å². The van der Waals surface area contributed by atoms with Gasteiger partial charge in [-0.1, -0.05) is 0 Å². The zero-order valence-corrected chi connectivity index (χ0v) is 6.95. The average molecular weight is 167 g/mol. The Labute approximate surface area is 71.2 Å². The Morgan fingerprint density at radius 1 is 1.67 bits per heavy atom. The highest BCUT2D eigenvalue weighted by molar-refractivity contribution is 5.12. The molecule has 0 unspecified atom stereocenters. The first-order valence-electron chi connectivity index (χ1n) is 4.26. The smallest absolute Gasteiger partial charge is 0.0953 e. The Morgan fingerprint density at radius 2 is 2.58 bits per heavy atom. The minimum atomic E-state index is 0.0456. The normalized spacial score (nSPS) is 17.1. The molecule has 0 saturated carbocycles. The van der Waals surface area contributed by atoms with Crippen LogP contribution in [0.1, 0.15) is 17.8 Å². The maximum atomic E-state index is 8.97. The van der Waals surface area contributed by atoms with Gasteiger partial charge >= 0.3 is 0 Å². The molecule has 12 heavy (non-hydrogen) atoms. The molecule has 0 atom stereocenters. The number of hydrogen-bond donors (Lipinski definition) is 2. The minimum absolute atomic E-state index is 0.0456. The molecule has 1 aliphatic rings. The first-order chi connectivity index (χ1) is 5.92. The summed E-state index contributed by atoms with van der Waals surface area (Å²) in [4.78, 5) is 4.13. The summed E-state index contributed by atoms with van der Waals surface area (Å²) in [6.07, 6.45) is 2.95. The monoisotopic (exact) mass is 167 g/mol. The van der Waals surface area contributed by atoms with E-state index in [-0.39, 0.29) is 6.61 Å². The number of aliphatic hydroxyl groups excluding tert-OH is 1. The van der Waals surface area contributed by atoms with Crippen LogP contribution in [0, 0.1) is 0 Å². The first-order valence-corrected chi connectivity index (χ1v) is 4.26. The van der Waals surface area contributed by atoms with Crippen LogP contribution in [0.5, 0.6) is 0 Å². The number of aliphatic hydroxyl groups is 1. The molecular weight excluding hydrogens is 154 g/mol. The third-order valence-electron chi connectivity index (χ3n) is 2.23. The van der Waals surface area contributed by atoms with E-state index in [0.717, 1.165) is 37.4 Å². The summed E-state index contributed by atoms with van der Waals surface area (Å²) in [5.41, 5.74) is 1.94. The van der Waals surface area contributed by atoms with Gasteiger partial charge in [0.25, 0.3) is 0 Å². The predicted molar refractivity (Wildman–Crippen MR) is 44.5 cm³/mol. The van der Waals surface area contributed by atoms with Gasteiger partial charge in [-0.25, -0.2) is 4.98 Å². The molecule has 1 aliphatic heterocycles. The van der Waals surface area contributed by atoms with Crippen LogP contribution in [0.3, 0.4) is 0 Å². The highest BCUT2D eigenvalue weighted by Crippen LogP contribution is 2.10. The third kappa shape index (κ3) is 1.23. The molecule has 0 spiro atoms. The van der Waals surface area contributed by atoms with Crippen molar-refractivity contribution >= 4 is 0 Å². The van der Waals surface area contributed by atoms with Crippen molar-refractivity contribution < 1.29 is 5.11 Å². The maximum absolute atomic E-state index is 8.97. The van der Waals surface area contributed by atoms with Gasteiger partial charge in [0.1, 0.15) is 0 Å². The van der Waals surface area contributed by atoms with Crippen LogP contribution in [-0.2, 0) is 19.7 Å². The lowest BCUT2D eigenvalue weighted by Crippen LogP contribution is -2.13. The maximum Gasteiger partial charge on any atom is 0.0953 e. The molecule has 2 rings (SSSR count). The van der Waals surface area contributed by atoms with Gasteiger partial charge in [0.2, 0.25) is 0 Å². The van der Waals surface area contributed by atoms with E-state index in [2.05, 4.69) is 14.9 Å². The summed E-state index contributed by atoms with van der Waals surface area (Å²) in [6, 6.07) is 0. The van der Waals surface area contributed by atoms with Crippen LogP contribution < -0.4 is 5.32 Å². The molecule has 4 nitrogen and oxygen atoms in total. The lowest BCUT2D eigenvalue weighted by Gasteiger charge is -2.02. The van der Waals surface area contributed by atoms with E-state index in [9.17, 15) is 0 Å². The van der Waals surface area contributed by atoms with Crippen molar-refractivity contribution in [1.29, 1.82) is 0 Å². The van der Waals surface area contributed by atoms with Crippen LogP contribution in [0.2, 0.25) is 0 Å². The van der Waals surface area contributed by atoms with Gasteiger partial charge in [0.15, 0.2) is 0 Å². The molecule has 66 valence electrons. The van der Waals surface area contributed by atoms with E-state index < -0.39 is 0 Å². The molecule has 0 aromatic carbocycles. The Morgan fingerprint density at radius 3 is 3.42 bits per heavy atom. The van der Waals surface area contributed by atoms with Gasteiger partial charge in [0.05, 0.1) is 24.3 Å². The second-order valence-corrected chi connectivity index (χ2v) is 3.02. The van der Waals surface area contributed by atoms with Crippen molar-refractivity contribution in [3.8, 4) is 0 Å². The minimum Gasteiger partial charge on any atom is -0.390 e. The fourth-order valence-corrected chi connectivity index (χ4v) is 1.56. The number of rotatable bonds is 1. The Kier molecular flexibility index (Phi) is 2.10. The fourth-order valence-electron chi connectivity index (χ4n) is 1.56.